The van der Waals surface area contributed by atoms with E-state index in [9.17, 15) is 0 Å². The van der Waals surface area contributed by atoms with E-state index in [0.29, 0.717) is 11.6 Å². The second kappa shape index (κ2) is 9.97. The van der Waals surface area contributed by atoms with Crippen LogP contribution in [0.2, 0.25) is 0 Å². The van der Waals surface area contributed by atoms with Crippen LogP contribution in [0.15, 0.2) is 145 Å². The first-order chi connectivity index (χ1) is 23.9. The van der Waals surface area contributed by atoms with Crippen LogP contribution in [0, 0.1) is 0 Å². The molecule has 0 N–H and O–H groups in total. The first-order valence-corrected chi connectivity index (χ1v) is 15.0. The lowest BCUT2D eigenvalue weighted by Gasteiger charge is -2.09. The number of rotatable bonds is 4. The molecule has 4 nitrogen and oxygen atoms in total. The van der Waals surface area contributed by atoms with Crippen molar-refractivity contribution in [3.63, 3.8) is 0 Å². The number of hydrogen-bond acceptors (Lipinski definition) is 4. The van der Waals surface area contributed by atoms with Gasteiger partial charge >= 0.3 is 0 Å². The van der Waals surface area contributed by atoms with Gasteiger partial charge in [-0.25, -0.2) is 15.0 Å². The van der Waals surface area contributed by atoms with Crippen molar-refractivity contribution >= 4 is 53.3 Å². The summed E-state index contributed by atoms with van der Waals surface area (Å²) in [5.74, 6) is 0.709. The SMILES string of the molecule is [2H]c1c([2H])c([2H])c(-c2nc(-c3ccccc3)nc(-c3ccc4c(c3)sc3c(-n5c6ccccc6c6ccccc65)cccc34)n2)c([2H])c1[2H]. The average molecular weight is 586 g/mol. The predicted octanol–water partition coefficient (Wildman–Crippen LogP) is 10.3. The molecule has 3 aromatic heterocycles. The van der Waals surface area contributed by atoms with Gasteiger partial charge in [0.1, 0.15) is 0 Å². The van der Waals surface area contributed by atoms with Crippen LogP contribution < -0.4 is 0 Å². The van der Waals surface area contributed by atoms with Crippen LogP contribution in [0.5, 0.6) is 0 Å². The predicted molar refractivity (Wildman–Crippen MR) is 183 cm³/mol. The molecule has 6 aromatic carbocycles. The molecule has 0 radical (unpaired) electrons. The molecule has 0 aliphatic rings. The monoisotopic (exact) mass is 585 g/mol. The second-order valence-electron chi connectivity index (χ2n) is 10.5. The van der Waals surface area contributed by atoms with E-state index in [4.69, 9.17) is 16.8 Å². The minimum absolute atomic E-state index is 0.0194. The van der Waals surface area contributed by atoms with Crippen molar-refractivity contribution in [3.05, 3.63) is 145 Å². The fourth-order valence-corrected chi connectivity index (χ4v) is 7.22. The highest BCUT2D eigenvalue weighted by atomic mass is 32.1. The van der Waals surface area contributed by atoms with Crippen molar-refractivity contribution in [1.29, 1.82) is 0 Å². The Morgan fingerprint density at radius 2 is 1.11 bits per heavy atom. The van der Waals surface area contributed by atoms with Crippen LogP contribution >= 0.6 is 11.3 Å². The minimum Gasteiger partial charge on any atom is -0.308 e. The molecule has 0 atom stereocenters. The van der Waals surface area contributed by atoms with Crippen molar-refractivity contribution in [2.45, 2.75) is 0 Å². The molecule has 5 heteroatoms. The first kappa shape index (κ1) is 20.3. The van der Waals surface area contributed by atoms with E-state index in [-0.39, 0.29) is 23.5 Å². The lowest BCUT2D eigenvalue weighted by molar-refractivity contribution is 1.07. The van der Waals surface area contributed by atoms with Crippen LogP contribution in [-0.4, -0.2) is 19.5 Å². The summed E-state index contributed by atoms with van der Waals surface area (Å²) in [6.45, 7) is 0. The van der Waals surface area contributed by atoms with Gasteiger partial charge < -0.3 is 4.57 Å². The van der Waals surface area contributed by atoms with Gasteiger partial charge in [0.2, 0.25) is 0 Å². The maximum absolute atomic E-state index is 8.60. The third-order valence-electron chi connectivity index (χ3n) is 7.95. The maximum atomic E-state index is 8.60. The molecule has 0 spiro atoms. The lowest BCUT2D eigenvalue weighted by Crippen LogP contribution is -1.99. The summed E-state index contributed by atoms with van der Waals surface area (Å²) in [7, 11) is 0. The molecule has 0 unspecified atom stereocenters. The van der Waals surface area contributed by atoms with Gasteiger partial charge in [0.15, 0.2) is 17.5 Å². The first-order valence-electron chi connectivity index (χ1n) is 16.7. The Bertz CT molecular complexity index is 2710. The third kappa shape index (κ3) is 3.94. The molecule has 0 saturated heterocycles. The van der Waals surface area contributed by atoms with Crippen molar-refractivity contribution in [1.82, 2.24) is 19.5 Å². The number of hydrogen-bond donors (Lipinski definition) is 0. The maximum Gasteiger partial charge on any atom is 0.164 e. The zero-order chi connectivity index (χ0) is 33.4. The van der Waals surface area contributed by atoms with E-state index in [2.05, 4.69) is 88.4 Å². The zero-order valence-corrected chi connectivity index (χ0v) is 24.0. The van der Waals surface area contributed by atoms with E-state index in [1.165, 1.54) is 10.8 Å². The van der Waals surface area contributed by atoms with E-state index in [1.54, 1.807) is 11.3 Å². The number of aromatic nitrogens is 4. The van der Waals surface area contributed by atoms with Gasteiger partial charge in [-0.05, 0) is 24.3 Å². The molecule has 9 rings (SSSR count). The Morgan fingerprint density at radius 3 is 1.84 bits per heavy atom. The third-order valence-corrected chi connectivity index (χ3v) is 9.14. The molecule has 0 saturated carbocycles. The molecule has 44 heavy (non-hydrogen) atoms. The molecule has 0 bridgehead atoms. The highest BCUT2D eigenvalue weighted by Crippen LogP contribution is 2.41. The van der Waals surface area contributed by atoms with Crippen LogP contribution in [-0.2, 0) is 0 Å². The van der Waals surface area contributed by atoms with Gasteiger partial charge in [0.25, 0.3) is 0 Å². The van der Waals surface area contributed by atoms with Gasteiger partial charge in [-0.3, -0.25) is 0 Å². The van der Waals surface area contributed by atoms with Crippen LogP contribution in [0.1, 0.15) is 6.85 Å². The fourth-order valence-electron chi connectivity index (χ4n) is 5.98. The van der Waals surface area contributed by atoms with Crippen molar-refractivity contribution in [2.75, 3.05) is 0 Å². The summed E-state index contributed by atoms with van der Waals surface area (Å²) in [5, 5.41) is 4.66. The van der Waals surface area contributed by atoms with Crippen LogP contribution in [0.4, 0.5) is 0 Å². The Morgan fingerprint density at radius 1 is 0.500 bits per heavy atom. The molecule has 0 fully saturated rings. The van der Waals surface area contributed by atoms with E-state index < -0.39 is 18.1 Å². The molecule has 9 aromatic rings. The number of para-hydroxylation sites is 2. The summed E-state index contributed by atoms with van der Waals surface area (Å²) in [6.07, 6.45) is 0. The zero-order valence-electron chi connectivity index (χ0n) is 28.2. The fraction of sp³-hybridized carbons (Fsp3) is 0. The van der Waals surface area contributed by atoms with Crippen LogP contribution in [0.25, 0.3) is 81.8 Å². The van der Waals surface area contributed by atoms with Gasteiger partial charge in [0.05, 0.1) is 28.3 Å². The molecule has 0 amide bonds. The second-order valence-corrected chi connectivity index (χ2v) is 11.6. The lowest BCUT2D eigenvalue weighted by atomic mass is 10.1. The van der Waals surface area contributed by atoms with Gasteiger partial charge in [-0.1, -0.05) is 121 Å². The number of benzene rings is 6. The molecule has 3 heterocycles. The van der Waals surface area contributed by atoms with E-state index in [0.717, 1.165) is 48.0 Å². The van der Waals surface area contributed by atoms with Crippen molar-refractivity contribution in [2.24, 2.45) is 0 Å². The number of thiophene rings is 1. The van der Waals surface area contributed by atoms with E-state index >= 15 is 0 Å². The van der Waals surface area contributed by atoms with Gasteiger partial charge in [-0.15, -0.1) is 11.3 Å². The largest absolute Gasteiger partial charge is 0.308 e. The van der Waals surface area contributed by atoms with Crippen molar-refractivity contribution < 1.29 is 6.85 Å². The average Bonchev–Trinajstić information content (AvgIpc) is 3.69. The van der Waals surface area contributed by atoms with Gasteiger partial charge in [-0.2, -0.15) is 0 Å². The van der Waals surface area contributed by atoms with E-state index in [1.807, 2.05) is 36.4 Å². The summed E-state index contributed by atoms with van der Waals surface area (Å²) in [6, 6.07) is 36.8. The summed E-state index contributed by atoms with van der Waals surface area (Å²) < 4.78 is 46.3. The highest BCUT2D eigenvalue weighted by molar-refractivity contribution is 7.26. The Balaban J connectivity index is 1.26. The number of nitrogens with zero attached hydrogens (tertiary/aromatic N) is 4. The summed E-state index contributed by atoms with van der Waals surface area (Å²) in [5.41, 5.74) is 4.78. The summed E-state index contributed by atoms with van der Waals surface area (Å²) in [4.78, 5) is 14.2. The smallest absolute Gasteiger partial charge is 0.164 e. The minimum atomic E-state index is -0.466. The molecular formula is C39H24N4S. The van der Waals surface area contributed by atoms with Gasteiger partial charge in [0, 0.05) is 42.9 Å². The Labute approximate surface area is 264 Å². The topological polar surface area (TPSA) is 43.6 Å². The standard InChI is InChI=1S/C39H24N4S/c1-3-12-25(13-4-1)37-40-38(26-14-5-2-6-15-26)42-39(41-37)27-22-23-30-31-18-11-21-34(36(31)44-35(30)24-27)43-32-19-9-7-16-28(32)29-17-8-10-20-33(29)43/h1-24H/i1D,3D,4D,12D,13D. The normalized spacial score (nSPS) is 13.2. The summed E-state index contributed by atoms with van der Waals surface area (Å²) >= 11 is 1.70. The van der Waals surface area contributed by atoms with Crippen molar-refractivity contribution in [3.8, 4) is 39.9 Å². The highest BCUT2D eigenvalue weighted by Gasteiger charge is 2.17. The molecule has 0 aliphatic carbocycles. The Hall–Kier alpha value is -5.65. The molecule has 0 aliphatic heterocycles. The molecular weight excluding hydrogens is 557 g/mol. The Kier molecular flexibility index (Phi) is 4.60. The number of fused-ring (bicyclic) bond motifs is 6. The van der Waals surface area contributed by atoms with Crippen LogP contribution in [0.3, 0.4) is 0 Å². The molecule has 206 valence electrons. The quantitative estimate of drug-likeness (QED) is 0.206.